The molecule has 0 spiro atoms. The molecule has 0 unspecified atom stereocenters. The van der Waals surface area contributed by atoms with Gasteiger partial charge in [-0.3, -0.25) is 9.78 Å². The molecule has 0 aliphatic rings. The van der Waals surface area contributed by atoms with Gasteiger partial charge in [0.15, 0.2) is 0 Å². The number of carbonyl (C=O) groups excluding carboxylic acids is 1. The third kappa shape index (κ3) is 5.03. The SMILES string of the molecule is CCOC(=O)CCCCc1ccc(-c2ccccn2)cc1. The number of hydrogen-bond acceptors (Lipinski definition) is 3. The van der Waals surface area contributed by atoms with Gasteiger partial charge in [-0.1, -0.05) is 30.3 Å². The van der Waals surface area contributed by atoms with Gasteiger partial charge < -0.3 is 4.74 Å². The van der Waals surface area contributed by atoms with E-state index in [1.807, 2.05) is 25.1 Å². The third-order valence-electron chi connectivity index (χ3n) is 3.32. The van der Waals surface area contributed by atoms with Crippen molar-refractivity contribution >= 4 is 5.97 Å². The Morgan fingerprint density at radius 2 is 1.90 bits per heavy atom. The first-order valence-corrected chi connectivity index (χ1v) is 7.45. The molecule has 1 heterocycles. The number of nitrogens with zero attached hydrogens (tertiary/aromatic N) is 1. The number of pyridine rings is 1. The summed E-state index contributed by atoms with van der Waals surface area (Å²) in [6, 6.07) is 14.4. The standard InChI is InChI=1S/C18H21NO2/c1-2-21-18(20)9-4-3-7-15-10-12-16(13-11-15)17-8-5-6-14-19-17/h5-6,8,10-14H,2-4,7,9H2,1H3. The van der Waals surface area contributed by atoms with E-state index in [9.17, 15) is 4.79 Å². The summed E-state index contributed by atoms with van der Waals surface area (Å²) in [5.74, 6) is -0.0944. The Bertz CT molecular complexity index is 549. The van der Waals surface area contributed by atoms with Gasteiger partial charge >= 0.3 is 5.97 Å². The van der Waals surface area contributed by atoms with Crippen LogP contribution in [0.4, 0.5) is 0 Å². The predicted octanol–water partition coefficient (Wildman–Crippen LogP) is 4.02. The van der Waals surface area contributed by atoms with Gasteiger partial charge in [0.25, 0.3) is 0 Å². The average Bonchev–Trinajstić information content (AvgIpc) is 2.53. The van der Waals surface area contributed by atoms with Gasteiger partial charge in [-0.05, 0) is 43.9 Å². The Morgan fingerprint density at radius 1 is 1.10 bits per heavy atom. The van der Waals surface area contributed by atoms with Crippen LogP contribution >= 0.6 is 0 Å². The average molecular weight is 283 g/mol. The van der Waals surface area contributed by atoms with Gasteiger partial charge in [0.05, 0.1) is 12.3 Å². The fraction of sp³-hybridized carbons (Fsp3) is 0.333. The van der Waals surface area contributed by atoms with Crippen molar-refractivity contribution in [1.82, 2.24) is 4.98 Å². The van der Waals surface area contributed by atoms with Crippen LogP contribution in [0.2, 0.25) is 0 Å². The highest BCUT2D eigenvalue weighted by atomic mass is 16.5. The zero-order valence-corrected chi connectivity index (χ0v) is 12.4. The van der Waals surface area contributed by atoms with Gasteiger partial charge in [-0.15, -0.1) is 0 Å². The number of aryl methyl sites for hydroxylation is 1. The summed E-state index contributed by atoms with van der Waals surface area (Å²) in [6.07, 6.45) is 5.18. The lowest BCUT2D eigenvalue weighted by molar-refractivity contribution is -0.143. The van der Waals surface area contributed by atoms with Crippen LogP contribution in [0, 0.1) is 0 Å². The van der Waals surface area contributed by atoms with E-state index in [1.165, 1.54) is 5.56 Å². The van der Waals surface area contributed by atoms with Crippen molar-refractivity contribution < 1.29 is 9.53 Å². The first kappa shape index (κ1) is 15.2. The van der Waals surface area contributed by atoms with Crippen molar-refractivity contribution in [1.29, 1.82) is 0 Å². The number of benzene rings is 1. The Balaban J connectivity index is 1.79. The van der Waals surface area contributed by atoms with Gasteiger partial charge in [-0.25, -0.2) is 0 Å². The summed E-state index contributed by atoms with van der Waals surface area (Å²) >= 11 is 0. The van der Waals surface area contributed by atoms with Gasteiger partial charge in [0.1, 0.15) is 0 Å². The first-order chi connectivity index (χ1) is 10.3. The highest BCUT2D eigenvalue weighted by Gasteiger charge is 2.02. The van der Waals surface area contributed by atoms with Crippen LogP contribution in [0.25, 0.3) is 11.3 Å². The maximum absolute atomic E-state index is 11.2. The first-order valence-electron chi connectivity index (χ1n) is 7.45. The summed E-state index contributed by atoms with van der Waals surface area (Å²) in [5, 5.41) is 0. The Kier molecular flexibility index (Phi) is 5.95. The van der Waals surface area contributed by atoms with Crippen LogP contribution < -0.4 is 0 Å². The van der Waals surface area contributed by atoms with E-state index in [2.05, 4.69) is 29.2 Å². The molecule has 0 aliphatic carbocycles. The van der Waals surface area contributed by atoms with E-state index in [0.29, 0.717) is 13.0 Å². The molecule has 3 heteroatoms. The van der Waals surface area contributed by atoms with Crippen LogP contribution in [-0.2, 0) is 16.0 Å². The molecule has 1 aromatic carbocycles. The molecule has 21 heavy (non-hydrogen) atoms. The quantitative estimate of drug-likeness (QED) is 0.569. The predicted molar refractivity (Wildman–Crippen MR) is 83.9 cm³/mol. The summed E-state index contributed by atoms with van der Waals surface area (Å²) in [4.78, 5) is 15.6. The number of unbranched alkanes of at least 4 members (excludes halogenated alkanes) is 1. The number of hydrogen-bond donors (Lipinski definition) is 0. The minimum Gasteiger partial charge on any atom is -0.466 e. The molecule has 0 N–H and O–H groups in total. The third-order valence-corrected chi connectivity index (χ3v) is 3.32. The second kappa shape index (κ2) is 8.20. The Labute approximate surface area is 126 Å². The van der Waals surface area contributed by atoms with Crippen molar-refractivity contribution in [2.24, 2.45) is 0 Å². The van der Waals surface area contributed by atoms with Gasteiger partial charge in [0, 0.05) is 18.2 Å². The number of carbonyl (C=O) groups is 1. The lowest BCUT2D eigenvalue weighted by atomic mass is 10.0. The fourth-order valence-electron chi connectivity index (χ4n) is 2.21. The minimum atomic E-state index is -0.0944. The summed E-state index contributed by atoms with van der Waals surface area (Å²) < 4.78 is 4.91. The van der Waals surface area contributed by atoms with E-state index in [-0.39, 0.29) is 5.97 Å². The largest absolute Gasteiger partial charge is 0.466 e. The van der Waals surface area contributed by atoms with Crippen molar-refractivity contribution in [3.05, 3.63) is 54.2 Å². The lowest BCUT2D eigenvalue weighted by Gasteiger charge is -2.04. The Hall–Kier alpha value is -2.16. The van der Waals surface area contributed by atoms with E-state index >= 15 is 0 Å². The molecule has 0 aliphatic heterocycles. The molecule has 2 rings (SSSR count). The molecule has 2 aromatic rings. The highest BCUT2D eigenvalue weighted by molar-refractivity contribution is 5.69. The van der Waals surface area contributed by atoms with Crippen LogP contribution in [0.15, 0.2) is 48.7 Å². The van der Waals surface area contributed by atoms with E-state index in [0.717, 1.165) is 30.5 Å². The summed E-state index contributed by atoms with van der Waals surface area (Å²) in [7, 11) is 0. The van der Waals surface area contributed by atoms with Crippen molar-refractivity contribution in [2.45, 2.75) is 32.6 Å². The van der Waals surface area contributed by atoms with Crippen LogP contribution in [0.3, 0.4) is 0 Å². The van der Waals surface area contributed by atoms with Crippen LogP contribution in [0.5, 0.6) is 0 Å². The molecule has 0 atom stereocenters. The second-order valence-electron chi connectivity index (χ2n) is 4.92. The monoisotopic (exact) mass is 283 g/mol. The Morgan fingerprint density at radius 3 is 2.57 bits per heavy atom. The second-order valence-corrected chi connectivity index (χ2v) is 4.92. The van der Waals surface area contributed by atoms with E-state index < -0.39 is 0 Å². The number of rotatable bonds is 7. The zero-order valence-electron chi connectivity index (χ0n) is 12.4. The van der Waals surface area contributed by atoms with E-state index in [1.54, 1.807) is 6.20 Å². The summed E-state index contributed by atoms with van der Waals surface area (Å²) in [5.41, 5.74) is 3.41. The van der Waals surface area contributed by atoms with E-state index in [4.69, 9.17) is 4.74 Å². The number of ether oxygens (including phenoxy) is 1. The molecule has 0 fully saturated rings. The zero-order chi connectivity index (χ0) is 14.9. The molecular weight excluding hydrogens is 262 g/mol. The van der Waals surface area contributed by atoms with Crippen molar-refractivity contribution in [2.75, 3.05) is 6.61 Å². The number of esters is 1. The molecular formula is C18H21NO2. The molecule has 0 saturated heterocycles. The number of aromatic nitrogens is 1. The maximum atomic E-state index is 11.2. The molecule has 3 nitrogen and oxygen atoms in total. The lowest BCUT2D eigenvalue weighted by Crippen LogP contribution is -2.03. The van der Waals surface area contributed by atoms with Gasteiger partial charge in [0.2, 0.25) is 0 Å². The van der Waals surface area contributed by atoms with Crippen molar-refractivity contribution in [3.8, 4) is 11.3 Å². The van der Waals surface area contributed by atoms with Crippen LogP contribution in [-0.4, -0.2) is 17.6 Å². The molecule has 0 radical (unpaired) electrons. The molecule has 0 bridgehead atoms. The summed E-state index contributed by atoms with van der Waals surface area (Å²) in [6.45, 7) is 2.30. The fourth-order valence-corrected chi connectivity index (χ4v) is 2.21. The van der Waals surface area contributed by atoms with Crippen molar-refractivity contribution in [3.63, 3.8) is 0 Å². The van der Waals surface area contributed by atoms with Crippen LogP contribution in [0.1, 0.15) is 31.7 Å². The molecule has 1 aromatic heterocycles. The van der Waals surface area contributed by atoms with Gasteiger partial charge in [-0.2, -0.15) is 0 Å². The molecule has 110 valence electrons. The normalized spacial score (nSPS) is 10.3. The maximum Gasteiger partial charge on any atom is 0.305 e. The molecule has 0 saturated carbocycles. The minimum absolute atomic E-state index is 0.0944. The smallest absolute Gasteiger partial charge is 0.305 e. The highest BCUT2D eigenvalue weighted by Crippen LogP contribution is 2.17. The topological polar surface area (TPSA) is 39.2 Å². The molecule has 0 amide bonds.